The largest absolute Gasteiger partial charge is 0.368 e. The Kier molecular flexibility index (Phi) is 7.50. The van der Waals surface area contributed by atoms with Crippen molar-refractivity contribution in [1.82, 2.24) is 9.88 Å². The number of aryl methyl sites for hydroxylation is 2. The third-order valence-corrected chi connectivity index (χ3v) is 6.70. The van der Waals surface area contributed by atoms with Crippen molar-refractivity contribution in [2.45, 2.75) is 32.4 Å². The van der Waals surface area contributed by atoms with Crippen LogP contribution in [0.2, 0.25) is 0 Å². The lowest BCUT2D eigenvalue weighted by molar-refractivity contribution is -0.122. The van der Waals surface area contributed by atoms with Crippen LogP contribution in [0.15, 0.2) is 91.0 Å². The monoisotopic (exact) mass is 469 g/mol. The van der Waals surface area contributed by atoms with Crippen LogP contribution in [-0.2, 0) is 17.8 Å². The normalized spacial score (nSPS) is 11.7. The molecule has 2 N–H and O–H groups in total. The van der Waals surface area contributed by atoms with E-state index in [1.807, 2.05) is 97.9 Å². The Balaban J connectivity index is 1.71. The molecule has 6 heteroatoms. The van der Waals surface area contributed by atoms with Gasteiger partial charge in [-0.2, -0.15) is 0 Å². The molecule has 34 heavy (non-hydrogen) atoms. The van der Waals surface area contributed by atoms with Gasteiger partial charge >= 0.3 is 0 Å². The molecule has 4 rings (SSSR count). The predicted molar refractivity (Wildman–Crippen MR) is 136 cm³/mol. The highest BCUT2D eigenvalue weighted by atomic mass is 32.1. The molecular formula is C28H27N3O2S. The van der Waals surface area contributed by atoms with E-state index in [-0.39, 0.29) is 12.5 Å². The van der Waals surface area contributed by atoms with E-state index >= 15 is 0 Å². The van der Waals surface area contributed by atoms with Gasteiger partial charge in [0.25, 0.3) is 5.91 Å². The average molecular weight is 470 g/mol. The van der Waals surface area contributed by atoms with Crippen LogP contribution in [0.1, 0.15) is 33.0 Å². The summed E-state index contributed by atoms with van der Waals surface area (Å²) in [7, 11) is 0. The van der Waals surface area contributed by atoms with Crippen LogP contribution in [0.4, 0.5) is 0 Å². The predicted octanol–water partition coefficient (Wildman–Crippen LogP) is 5.25. The van der Waals surface area contributed by atoms with Gasteiger partial charge < -0.3 is 10.6 Å². The highest BCUT2D eigenvalue weighted by molar-refractivity contribution is 7.15. The molecule has 0 saturated heterocycles. The molecule has 172 valence electrons. The first-order chi connectivity index (χ1) is 16.5. The number of nitrogens with two attached hydrogens (primary N) is 1. The van der Waals surface area contributed by atoms with Gasteiger partial charge in [-0.05, 0) is 36.5 Å². The molecule has 0 aliphatic carbocycles. The SMILES string of the molecule is Cc1nc(C(=O)N(Cc2ccccc2)C(CCc2ccccc2)C(N)=O)c(-c2ccccc2)s1. The standard InChI is InChI=1S/C28H27N3O2S/c1-20-30-25(26(34-20)23-15-9-4-10-16-23)28(33)31(19-22-13-7-3-8-14-22)24(27(29)32)18-17-21-11-5-2-6-12-21/h2-16,24H,17-19H2,1H3,(H2,29,32). The Bertz CT molecular complexity index is 1240. The number of rotatable bonds is 9. The number of amides is 2. The Morgan fingerprint density at radius 1 is 0.882 bits per heavy atom. The fraction of sp³-hybridized carbons (Fsp3) is 0.179. The molecule has 0 aliphatic heterocycles. The molecule has 0 spiro atoms. The van der Waals surface area contributed by atoms with Crippen LogP contribution in [0, 0.1) is 6.92 Å². The molecule has 0 aliphatic rings. The zero-order valence-electron chi connectivity index (χ0n) is 19.1. The van der Waals surface area contributed by atoms with E-state index in [4.69, 9.17) is 5.73 Å². The highest BCUT2D eigenvalue weighted by Gasteiger charge is 2.32. The fourth-order valence-corrected chi connectivity index (χ4v) is 4.91. The lowest BCUT2D eigenvalue weighted by Gasteiger charge is -2.30. The summed E-state index contributed by atoms with van der Waals surface area (Å²) in [5, 5.41) is 0.793. The van der Waals surface area contributed by atoms with Crippen molar-refractivity contribution in [3.63, 3.8) is 0 Å². The first-order valence-corrected chi connectivity index (χ1v) is 12.1. The molecule has 1 atom stereocenters. The number of carbonyl (C=O) groups excluding carboxylic acids is 2. The minimum atomic E-state index is -0.765. The number of hydrogen-bond donors (Lipinski definition) is 1. The number of aromatic nitrogens is 1. The van der Waals surface area contributed by atoms with E-state index in [0.717, 1.165) is 26.6 Å². The first kappa shape index (κ1) is 23.4. The molecule has 1 aromatic heterocycles. The maximum atomic E-state index is 14.0. The molecule has 0 bridgehead atoms. The Morgan fingerprint density at radius 3 is 2.03 bits per heavy atom. The zero-order chi connectivity index (χ0) is 23.9. The summed E-state index contributed by atoms with van der Waals surface area (Å²) in [6.07, 6.45) is 1.07. The fourth-order valence-electron chi connectivity index (χ4n) is 4.00. The van der Waals surface area contributed by atoms with Gasteiger partial charge in [0, 0.05) is 6.54 Å². The lowest BCUT2D eigenvalue weighted by Crippen LogP contribution is -2.48. The van der Waals surface area contributed by atoms with Crippen LogP contribution in [0.25, 0.3) is 10.4 Å². The number of thiazole rings is 1. The van der Waals surface area contributed by atoms with Crippen molar-refractivity contribution in [2.24, 2.45) is 5.73 Å². The van der Waals surface area contributed by atoms with E-state index in [0.29, 0.717) is 18.5 Å². The summed E-state index contributed by atoms with van der Waals surface area (Å²) in [5.41, 5.74) is 9.18. The second kappa shape index (κ2) is 10.9. The van der Waals surface area contributed by atoms with Gasteiger partial charge in [-0.3, -0.25) is 9.59 Å². The smallest absolute Gasteiger partial charge is 0.274 e. The molecule has 0 fully saturated rings. The van der Waals surface area contributed by atoms with Crippen molar-refractivity contribution in [3.8, 4) is 10.4 Å². The number of benzene rings is 3. The van der Waals surface area contributed by atoms with Crippen molar-refractivity contribution in [2.75, 3.05) is 0 Å². The van der Waals surface area contributed by atoms with Crippen molar-refractivity contribution >= 4 is 23.2 Å². The van der Waals surface area contributed by atoms with Crippen LogP contribution in [0.3, 0.4) is 0 Å². The van der Waals surface area contributed by atoms with Gasteiger partial charge in [0.15, 0.2) is 0 Å². The number of carbonyl (C=O) groups is 2. The number of nitrogens with zero attached hydrogens (tertiary/aromatic N) is 2. The highest BCUT2D eigenvalue weighted by Crippen LogP contribution is 2.32. The third-order valence-electron chi connectivity index (χ3n) is 5.68. The van der Waals surface area contributed by atoms with Crippen LogP contribution in [0.5, 0.6) is 0 Å². The summed E-state index contributed by atoms with van der Waals surface area (Å²) < 4.78 is 0. The molecular weight excluding hydrogens is 442 g/mol. The molecule has 0 saturated carbocycles. The summed E-state index contributed by atoms with van der Waals surface area (Å²) in [5.74, 6) is -0.808. The molecule has 3 aromatic carbocycles. The van der Waals surface area contributed by atoms with Gasteiger partial charge in [-0.1, -0.05) is 91.0 Å². The van der Waals surface area contributed by atoms with E-state index < -0.39 is 11.9 Å². The maximum absolute atomic E-state index is 14.0. The zero-order valence-corrected chi connectivity index (χ0v) is 19.9. The Morgan fingerprint density at radius 2 is 1.44 bits per heavy atom. The third kappa shape index (κ3) is 5.58. The molecule has 4 aromatic rings. The van der Waals surface area contributed by atoms with Crippen molar-refractivity contribution < 1.29 is 9.59 Å². The minimum absolute atomic E-state index is 0.271. The van der Waals surface area contributed by atoms with Crippen LogP contribution < -0.4 is 5.73 Å². The summed E-state index contributed by atoms with van der Waals surface area (Å²) in [6.45, 7) is 2.16. The van der Waals surface area contributed by atoms with Gasteiger partial charge in [-0.15, -0.1) is 11.3 Å². The quantitative estimate of drug-likeness (QED) is 0.364. The number of primary amides is 1. The Labute approximate surface area is 203 Å². The van der Waals surface area contributed by atoms with Crippen LogP contribution in [-0.4, -0.2) is 27.7 Å². The lowest BCUT2D eigenvalue weighted by atomic mass is 10.0. The van der Waals surface area contributed by atoms with Crippen molar-refractivity contribution in [1.29, 1.82) is 0 Å². The maximum Gasteiger partial charge on any atom is 0.274 e. The summed E-state index contributed by atoms with van der Waals surface area (Å²) in [4.78, 5) is 33.6. The second-order valence-electron chi connectivity index (χ2n) is 8.14. The molecule has 1 unspecified atom stereocenters. The van der Waals surface area contributed by atoms with Gasteiger partial charge in [0.2, 0.25) is 5.91 Å². The second-order valence-corrected chi connectivity index (χ2v) is 9.34. The van der Waals surface area contributed by atoms with Gasteiger partial charge in [0.1, 0.15) is 11.7 Å². The van der Waals surface area contributed by atoms with E-state index in [1.54, 1.807) is 4.90 Å². The van der Waals surface area contributed by atoms with E-state index in [9.17, 15) is 9.59 Å². The topological polar surface area (TPSA) is 76.3 Å². The van der Waals surface area contributed by atoms with Crippen LogP contribution >= 0.6 is 11.3 Å². The summed E-state index contributed by atoms with van der Waals surface area (Å²) in [6, 6.07) is 28.5. The molecule has 5 nitrogen and oxygen atoms in total. The van der Waals surface area contributed by atoms with E-state index in [2.05, 4.69) is 4.98 Å². The average Bonchev–Trinajstić information content (AvgIpc) is 3.26. The first-order valence-electron chi connectivity index (χ1n) is 11.2. The van der Waals surface area contributed by atoms with Gasteiger partial charge in [0.05, 0.1) is 9.88 Å². The molecule has 0 radical (unpaired) electrons. The number of hydrogen-bond acceptors (Lipinski definition) is 4. The van der Waals surface area contributed by atoms with E-state index in [1.165, 1.54) is 11.3 Å². The molecule has 1 heterocycles. The summed E-state index contributed by atoms with van der Waals surface area (Å²) >= 11 is 1.48. The van der Waals surface area contributed by atoms with Crippen molar-refractivity contribution in [3.05, 3.63) is 113 Å². The Hall–Kier alpha value is -3.77. The minimum Gasteiger partial charge on any atom is -0.368 e. The molecule has 2 amide bonds. The van der Waals surface area contributed by atoms with Gasteiger partial charge in [-0.25, -0.2) is 4.98 Å².